The standard InChI is InChI=1S/C15H26N2O4/c1-15(2,3)21-14(19)16-12-10-20-9-6-13(12)17-7-4-11(18)5-8-17/h12-13H,4-10H2,1-3H3,(H,16,19)/t12-,13-/m1/s1. The van der Waals surface area contributed by atoms with Crippen LogP contribution >= 0.6 is 0 Å². The number of nitrogens with one attached hydrogen (secondary N) is 1. The Morgan fingerprint density at radius 3 is 2.62 bits per heavy atom. The van der Waals surface area contributed by atoms with Gasteiger partial charge < -0.3 is 14.8 Å². The van der Waals surface area contributed by atoms with Gasteiger partial charge in [-0.25, -0.2) is 4.79 Å². The third-order valence-corrected chi connectivity index (χ3v) is 3.85. The summed E-state index contributed by atoms with van der Waals surface area (Å²) in [5.41, 5.74) is -0.507. The Labute approximate surface area is 126 Å². The van der Waals surface area contributed by atoms with E-state index in [2.05, 4.69) is 10.2 Å². The van der Waals surface area contributed by atoms with Crippen molar-refractivity contribution in [1.82, 2.24) is 10.2 Å². The highest BCUT2D eigenvalue weighted by Crippen LogP contribution is 2.19. The Balaban J connectivity index is 1.92. The summed E-state index contributed by atoms with van der Waals surface area (Å²) in [5.74, 6) is 0.329. The molecular weight excluding hydrogens is 272 g/mol. The molecule has 0 aromatic carbocycles. The highest BCUT2D eigenvalue weighted by atomic mass is 16.6. The number of alkyl carbamates (subject to hydrolysis) is 1. The van der Waals surface area contributed by atoms with Gasteiger partial charge in [-0.3, -0.25) is 9.69 Å². The molecule has 0 spiro atoms. The van der Waals surface area contributed by atoms with Crippen molar-refractivity contribution in [2.45, 2.75) is 57.7 Å². The van der Waals surface area contributed by atoms with Gasteiger partial charge in [-0.05, 0) is 27.2 Å². The fraction of sp³-hybridized carbons (Fsp3) is 0.867. The molecule has 6 heteroatoms. The van der Waals surface area contributed by atoms with Gasteiger partial charge in [0.2, 0.25) is 0 Å². The van der Waals surface area contributed by atoms with Crippen molar-refractivity contribution < 1.29 is 19.1 Å². The summed E-state index contributed by atoms with van der Waals surface area (Å²) < 4.78 is 10.8. The molecular formula is C15H26N2O4. The molecule has 2 fully saturated rings. The summed E-state index contributed by atoms with van der Waals surface area (Å²) in [4.78, 5) is 25.6. The van der Waals surface area contributed by atoms with Crippen LogP contribution in [0.3, 0.4) is 0 Å². The van der Waals surface area contributed by atoms with E-state index in [1.54, 1.807) is 0 Å². The Morgan fingerprint density at radius 2 is 2.00 bits per heavy atom. The van der Waals surface area contributed by atoms with Crippen molar-refractivity contribution in [3.05, 3.63) is 0 Å². The lowest BCUT2D eigenvalue weighted by molar-refractivity contribution is -0.122. The molecule has 21 heavy (non-hydrogen) atoms. The molecule has 2 rings (SSSR count). The molecule has 0 aliphatic carbocycles. The van der Waals surface area contributed by atoms with E-state index >= 15 is 0 Å². The van der Waals surface area contributed by atoms with E-state index in [-0.39, 0.29) is 12.1 Å². The van der Waals surface area contributed by atoms with E-state index in [0.29, 0.717) is 31.8 Å². The van der Waals surface area contributed by atoms with Crippen molar-refractivity contribution in [3.63, 3.8) is 0 Å². The van der Waals surface area contributed by atoms with E-state index < -0.39 is 11.7 Å². The van der Waals surface area contributed by atoms with Gasteiger partial charge in [0.25, 0.3) is 0 Å². The second kappa shape index (κ2) is 6.75. The number of piperidine rings is 1. The number of hydrogen-bond acceptors (Lipinski definition) is 5. The number of likely N-dealkylation sites (tertiary alicyclic amines) is 1. The van der Waals surface area contributed by atoms with Crippen molar-refractivity contribution >= 4 is 11.9 Å². The van der Waals surface area contributed by atoms with Crippen LogP contribution in [0.25, 0.3) is 0 Å². The van der Waals surface area contributed by atoms with Crippen molar-refractivity contribution in [2.75, 3.05) is 26.3 Å². The van der Waals surface area contributed by atoms with Gasteiger partial charge in [0, 0.05) is 38.6 Å². The molecule has 0 unspecified atom stereocenters. The first-order valence-electron chi connectivity index (χ1n) is 7.68. The molecule has 6 nitrogen and oxygen atoms in total. The summed E-state index contributed by atoms with van der Waals surface area (Å²) in [7, 11) is 0. The van der Waals surface area contributed by atoms with E-state index in [9.17, 15) is 9.59 Å². The molecule has 2 heterocycles. The first-order valence-corrected chi connectivity index (χ1v) is 7.68. The molecule has 2 atom stereocenters. The number of Topliss-reactive ketones (excluding diaryl/α,β-unsaturated/α-hetero) is 1. The lowest BCUT2D eigenvalue weighted by atomic mass is 9.98. The number of carbonyl (C=O) groups is 2. The fourth-order valence-corrected chi connectivity index (χ4v) is 2.87. The third-order valence-electron chi connectivity index (χ3n) is 3.85. The summed E-state index contributed by atoms with van der Waals surface area (Å²) in [6, 6.07) is 0.140. The zero-order valence-electron chi connectivity index (χ0n) is 13.2. The quantitative estimate of drug-likeness (QED) is 0.833. The van der Waals surface area contributed by atoms with Crippen molar-refractivity contribution in [2.24, 2.45) is 0 Å². The lowest BCUT2D eigenvalue weighted by Gasteiger charge is -2.41. The van der Waals surface area contributed by atoms with Gasteiger partial charge >= 0.3 is 6.09 Å². The molecule has 0 saturated carbocycles. The number of nitrogens with zero attached hydrogens (tertiary/aromatic N) is 1. The van der Waals surface area contributed by atoms with E-state index in [1.165, 1.54) is 0 Å². The molecule has 2 aliphatic heterocycles. The second-order valence-corrected chi connectivity index (χ2v) is 6.76. The number of ether oxygens (including phenoxy) is 2. The third kappa shape index (κ3) is 4.97. The number of carbonyl (C=O) groups excluding carboxylic acids is 2. The van der Waals surface area contributed by atoms with Crippen LogP contribution in [0.5, 0.6) is 0 Å². The summed E-state index contributed by atoms with van der Waals surface area (Å²) in [6.07, 6.45) is 1.68. The smallest absolute Gasteiger partial charge is 0.408 e. The molecule has 120 valence electrons. The van der Waals surface area contributed by atoms with Crippen LogP contribution in [-0.4, -0.2) is 60.8 Å². The first kappa shape index (κ1) is 16.2. The predicted octanol–water partition coefficient (Wildman–Crippen LogP) is 1.33. The van der Waals surface area contributed by atoms with Crippen molar-refractivity contribution in [3.8, 4) is 0 Å². The largest absolute Gasteiger partial charge is 0.444 e. The van der Waals surface area contributed by atoms with E-state index in [0.717, 1.165) is 19.5 Å². The summed E-state index contributed by atoms with van der Waals surface area (Å²) >= 11 is 0. The van der Waals surface area contributed by atoms with E-state index in [4.69, 9.17) is 9.47 Å². The molecule has 1 amide bonds. The topological polar surface area (TPSA) is 67.9 Å². The summed E-state index contributed by atoms with van der Waals surface area (Å²) in [5, 5.41) is 2.92. The highest BCUT2D eigenvalue weighted by Gasteiger charge is 2.34. The zero-order chi connectivity index (χ0) is 15.5. The van der Waals surface area contributed by atoms with Gasteiger partial charge in [-0.1, -0.05) is 0 Å². The van der Waals surface area contributed by atoms with E-state index in [1.807, 2.05) is 20.8 Å². The molecule has 0 radical (unpaired) electrons. The first-order chi connectivity index (χ1) is 9.85. The maximum Gasteiger partial charge on any atom is 0.408 e. The maximum absolute atomic E-state index is 11.9. The highest BCUT2D eigenvalue weighted by molar-refractivity contribution is 5.79. The average Bonchev–Trinajstić information content (AvgIpc) is 2.38. The van der Waals surface area contributed by atoms with Gasteiger partial charge in [0.05, 0.1) is 12.6 Å². The zero-order valence-corrected chi connectivity index (χ0v) is 13.2. The lowest BCUT2D eigenvalue weighted by Crippen LogP contribution is -2.58. The van der Waals surface area contributed by atoms with Crippen LogP contribution in [0.15, 0.2) is 0 Å². The predicted molar refractivity (Wildman–Crippen MR) is 78.2 cm³/mol. The number of rotatable bonds is 2. The Kier molecular flexibility index (Phi) is 5.22. The molecule has 2 aliphatic rings. The average molecular weight is 298 g/mol. The number of amides is 1. The Bertz CT molecular complexity index is 382. The SMILES string of the molecule is CC(C)(C)OC(=O)N[C@@H]1COCC[C@H]1N1CCC(=O)CC1. The number of hydrogen-bond donors (Lipinski definition) is 1. The molecule has 0 aromatic heterocycles. The molecule has 1 N–H and O–H groups in total. The van der Waals surface area contributed by atoms with Crippen LogP contribution < -0.4 is 5.32 Å². The number of ketones is 1. The van der Waals surface area contributed by atoms with Crippen LogP contribution in [0, 0.1) is 0 Å². The minimum Gasteiger partial charge on any atom is -0.444 e. The van der Waals surface area contributed by atoms with Crippen LogP contribution in [0.2, 0.25) is 0 Å². The van der Waals surface area contributed by atoms with Crippen molar-refractivity contribution in [1.29, 1.82) is 0 Å². The van der Waals surface area contributed by atoms with Crippen LogP contribution in [0.4, 0.5) is 4.79 Å². The molecule has 0 aromatic rings. The molecule has 2 saturated heterocycles. The van der Waals surface area contributed by atoms with Gasteiger partial charge in [0.1, 0.15) is 11.4 Å². The van der Waals surface area contributed by atoms with Crippen LogP contribution in [0.1, 0.15) is 40.0 Å². The van der Waals surface area contributed by atoms with Gasteiger partial charge in [0.15, 0.2) is 0 Å². The maximum atomic E-state index is 11.9. The summed E-state index contributed by atoms with van der Waals surface area (Å²) in [6.45, 7) is 8.27. The van der Waals surface area contributed by atoms with Gasteiger partial charge in [-0.2, -0.15) is 0 Å². The van der Waals surface area contributed by atoms with Gasteiger partial charge in [-0.15, -0.1) is 0 Å². The fourth-order valence-electron chi connectivity index (χ4n) is 2.87. The Hall–Kier alpha value is -1.14. The Morgan fingerprint density at radius 1 is 1.33 bits per heavy atom. The van der Waals surface area contributed by atoms with Crippen LogP contribution in [-0.2, 0) is 14.3 Å². The minimum absolute atomic E-state index is 0.0817. The monoisotopic (exact) mass is 298 g/mol. The molecule has 0 bridgehead atoms. The minimum atomic E-state index is -0.507. The normalized spacial score (nSPS) is 28.2. The second-order valence-electron chi connectivity index (χ2n) is 6.76.